The topological polar surface area (TPSA) is 58.6 Å². The smallest absolute Gasteiger partial charge is 0.257 e. The second kappa shape index (κ2) is 4.74. The molecule has 2 unspecified atom stereocenters. The van der Waals surface area contributed by atoms with Gasteiger partial charge in [-0.25, -0.2) is 0 Å². The fourth-order valence-electron chi connectivity index (χ4n) is 2.73. The van der Waals surface area contributed by atoms with Crippen LogP contribution in [0, 0.1) is 0 Å². The lowest BCUT2D eigenvalue weighted by Gasteiger charge is -2.40. The highest BCUT2D eigenvalue weighted by atomic mass is 16.5. The first-order valence-electron chi connectivity index (χ1n) is 6.39. The van der Waals surface area contributed by atoms with Crippen LogP contribution in [0.15, 0.2) is 54.6 Å². The molecule has 2 aromatic rings. The standard InChI is InChI=1S/C16H15NO3/c1-20-14-15(18)17-13-10-6-5-9-12(13)16(14,19)11-7-3-2-4-8-11/h2-10,14,19H,1H3,(H,17,18). The van der Waals surface area contributed by atoms with E-state index >= 15 is 0 Å². The van der Waals surface area contributed by atoms with E-state index in [-0.39, 0.29) is 5.91 Å². The van der Waals surface area contributed by atoms with Crippen LogP contribution < -0.4 is 5.32 Å². The summed E-state index contributed by atoms with van der Waals surface area (Å²) in [6.07, 6.45) is -0.986. The van der Waals surface area contributed by atoms with Crippen molar-refractivity contribution in [2.75, 3.05) is 12.4 Å². The van der Waals surface area contributed by atoms with Gasteiger partial charge in [0.25, 0.3) is 5.91 Å². The van der Waals surface area contributed by atoms with Crippen LogP contribution in [0.5, 0.6) is 0 Å². The van der Waals surface area contributed by atoms with Gasteiger partial charge in [0.15, 0.2) is 11.7 Å². The molecule has 4 nitrogen and oxygen atoms in total. The Morgan fingerprint density at radius 3 is 2.45 bits per heavy atom. The number of aliphatic hydroxyl groups is 1. The number of methoxy groups -OCH3 is 1. The van der Waals surface area contributed by atoms with Crippen LogP contribution in [-0.4, -0.2) is 24.2 Å². The summed E-state index contributed by atoms with van der Waals surface area (Å²) >= 11 is 0. The van der Waals surface area contributed by atoms with E-state index in [9.17, 15) is 9.90 Å². The molecule has 0 bridgehead atoms. The predicted octanol–water partition coefficient (Wildman–Crippen LogP) is 1.89. The summed E-state index contributed by atoms with van der Waals surface area (Å²) in [5.41, 5.74) is 0.388. The minimum absolute atomic E-state index is 0.349. The van der Waals surface area contributed by atoms with Crippen molar-refractivity contribution >= 4 is 11.6 Å². The van der Waals surface area contributed by atoms with Gasteiger partial charge in [-0.3, -0.25) is 4.79 Å². The first-order chi connectivity index (χ1) is 9.67. The van der Waals surface area contributed by atoms with Gasteiger partial charge in [0.1, 0.15) is 0 Å². The Balaban J connectivity index is 2.26. The van der Waals surface area contributed by atoms with Crippen LogP contribution in [0.3, 0.4) is 0 Å². The van der Waals surface area contributed by atoms with Crippen molar-refractivity contribution in [2.24, 2.45) is 0 Å². The molecule has 1 aliphatic rings. The maximum Gasteiger partial charge on any atom is 0.257 e. The number of carbonyl (C=O) groups excluding carboxylic acids is 1. The van der Waals surface area contributed by atoms with E-state index < -0.39 is 11.7 Å². The fourth-order valence-corrected chi connectivity index (χ4v) is 2.73. The van der Waals surface area contributed by atoms with Gasteiger partial charge < -0.3 is 15.2 Å². The number of hydrogen-bond donors (Lipinski definition) is 2. The molecule has 2 aromatic carbocycles. The molecule has 20 heavy (non-hydrogen) atoms. The summed E-state index contributed by atoms with van der Waals surface area (Å²) in [6.45, 7) is 0. The molecule has 0 saturated heterocycles. The number of anilines is 1. The third kappa shape index (κ3) is 1.73. The zero-order chi connectivity index (χ0) is 14.2. The van der Waals surface area contributed by atoms with Crippen molar-refractivity contribution in [1.29, 1.82) is 0 Å². The van der Waals surface area contributed by atoms with Gasteiger partial charge in [-0.15, -0.1) is 0 Å². The molecule has 2 atom stereocenters. The summed E-state index contributed by atoms with van der Waals surface area (Å²) < 4.78 is 5.27. The van der Waals surface area contributed by atoms with Gasteiger partial charge in [0.2, 0.25) is 0 Å². The quantitative estimate of drug-likeness (QED) is 0.875. The minimum atomic E-state index is -1.49. The number of fused-ring (bicyclic) bond motifs is 1. The van der Waals surface area contributed by atoms with Gasteiger partial charge in [-0.1, -0.05) is 48.5 Å². The first kappa shape index (κ1) is 12.8. The molecular weight excluding hydrogens is 254 g/mol. The van der Waals surface area contributed by atoms with Crippen molar-refractivity contribution in [1.82, 2.24) is 0 Å². The van der Waals surface area contributed by atoms with Crippen molar-refractivity contribution in [3.63, 3.8) is 0 Å². The van der Waals surface area contributed by atoms with Crippen molar-refractivity contribution in [2.45, 2.75) is 11.7 Å². The number of carbonyl (C=O) groups is 1. The first-order valence-corrected chi connectivity index (χ1v) is 6.39. The number of benzene rings is 2. The highest BCUT2D eigenvalue weighted by molar-refractivity contribution is 5.99. The average Bonchev–Trinajstić information content (AvgIpc) is 2.48. The zero-order valence-electron chi connectivity index (χ0n) is 11.0. The molecule has 2 N–H and O–H groups in total. The molecule has 0 radical (unpaired) electrons. The van der Waals surface area contributed by atoms with E-state index in [0.717, 1.165) is 0 Å². The Morgan fingerprint density at radius 2 is 1.75 bits per heavy atom. The van der Waals surface area contributed by atoms with Gasteiger partial charge in [-0.05, 0) is 11.6 Å². The Kier molecular flexibility index (Phi) is 3.04. The molecule has 0 aromatic heterocycles. The van der Waals surface area contributed by atoms with Crippen molar-refractivity contribution in [3.05, 3.63) is 65.7 Å². The average molecular weight is 269 g/mol. The monoisotopic (exact) mass is 269 g/mol. The molecule has 3 rings (SSSR count). The Bertz CT molecular complexity index is 641. The molecule has 1 amide bonds. The van der Waals surface area contributed by atoms with E-state index in [0.29, 0.717) is 16.8 Å². The van der Waals surface area contributed by atoms with Gasteiger partial charge in [0.05, 0.1) is 0 Å². The summed E-state index contributed by atoms with van der Waals surface area (Å²) in [4.78, 5) is 12.2. The Labute approximate surface area is 117 Å². The predicted molar refractivity (Wildman–Crippen MR) is 75.3 cm³/mol. The third-order valence-electron chi connectivity index (χ3n) is 3.66. The number of para-hydroxylation sites is 1. The zero-order valence-corrected chi connectivity index (χ0v) is 11.0. The maximum absolute atomic E-state index is 12.2. The number of ether oxygens (including phenoxy) is 1. The maximum atomic E-state index is 12.2. The number of amides is 1. The molecule has 1 aliphatic heterocycles. The Morgan fingerprint density at radius 1 is 1.10 bits per heavy atom. The summed E-state index contributed by atoms with van der Waals surface area (Å²) in [7, 11) is 1.42. The largest absolute Gasteiger partial charge is 0.377 e. The van der Waals surface area contributed by atoms with Gasteiger partial charge >= 0.3 is 0 Å². The lowest BCUT2D eigenvalue weighted by molar-refractivity contribution is -0.142. The van der Waals surface area contributed by atoms with Crippen molar-refractivity contribution in [3.8, 4) is 0 Å². The van der Waals surface area contributed by atoms with Crippen LogP contribution in [0.4, 0.5) is 5.69 Å². The lowest BCUT2D eigenvalue weighted by Crippen LogP contribution is -2.52. The van der Waals surface area contributed by atoms with E-state index in [1.54, 1.807) is 24.3 Å². The summed E-state index contributed by atoms with van der Waals surface area (Å²) in [6, 6.07) is 16.3. The van der Waals surface area contributed by atoms with Gasteiger partial charge in [-0.2, -0.15) is 0 Å². The van der Waals surface area contributed by atoms with E-state index in [4.69, 9.17) is 4.74 Å². The molecule has 0 aliphatic carbocycles. The van der Waals surface area contributed by atoms with E-state index in [1.165, 1.54) is 7.11 Å². The SMILES string of the molecule is COC1C(=O)Nc2ccccc2C1(O)c1ccccc1. The van der Waals surface area contributed by atoms with Crippen molar-refractivity contribution < 1.29 is 14.6 Å². The third-order valence-corrected chi connectivity index (χ3v) is 3.66. The van der Waals surface area contributed by atoms with Crippen LogP contribution >= 0.6 is 0 Å². The molecule has 0 fully saturated rings. The Hall–Kier alpha value is -2.17. The minimum Gasteiger partial charge on any atom is -0.377 e. The second-order valence-electron chi connectivity index (χ2n) is 4.78. The molecular formula is C16H15NO3. The van der Waals surface area contributed by atoms with Crippen LogP contribution in [0.25, 0.3) is 0 Å². The van der Waals surface area contributed by atoms with Crippen LogP contribution in [-0.2, 0) is 15.1 Å². The second-order valence-corrected chi connectivity index (χ2v) is 4.78. The molecule has 4 heteroatoms. The molecule has 102 valence electrons. The molecule has 0 saturated carbocycles. The molecule has 1 heterocycles. The van der Waals surface area contributed by atoms with Crippen LogP contribution in [0.1, 0.15) is 11.1 Å². The fraction of sp³-hybridized carbons (Fsp3) is 0.188. The van der Waals surface area contributed by atoms with Gasteiger partial charge in [0, 0.05) is 18.4 Å². The summed E-state index contributed by atoms with van der Waals surface area (Å²) in [5, 5.41) is 14.0. The highest BCUT2D eigenvalue weighted by Gasteiger charge is 2.49. The highest BCUT2D eigenvalue weighted by Crippen LogP contribution is 2.41. The van der Waals surface area contributed by atoms with E-state index in [2.05, 4.69) is 5.32 Å². The van der Waals surface area contributed by atoms with E-state index in [1.807, 2.05) is 30.3 Å². The lowest BCUT2D eigenvalue weighted by atomic mass is 9.78. The number of nitrogens with one attached hydrogen (secondary N) is 1. The summed E-state index contributed by atoms with van der Waals surface area (Å²) in [5.74, 6) is -0.349. The normalized spacial score (nSPS) is 24.9. The number of rotatable bonds is 2. The van der Waals surface area contributed by atoms with Crippen LogP contribution in [0.2, 0.25) is 0 Å². The molecule has 0 spiro atoms. The number of hydrogen-bond acceptors (Lipinski definition) is 3.